The van der Waals surface area contributed by atoms with Crippen molar-refractivity contribution in [3.63, 3.8) is 0 Å². The fourth-order valence-corrected chi connectivity index (χ4v) is 3.47. The first-order valence-electron chi connectivity index (χ1n) is 6.20. The number of fused-ring (bicyclic) bond motifs is 1. The van der Waals surface area contributed by atoms with Crippen molar-refractivity contribution in [2.75, 3.05) is 0 Å². The van der Waals surface area contributed by atoms with Gasteiger partial charge in [0.1, 0.15) is 0 Å². The number of nitrogens with one attached hydrogen (secondary N) is 2. The second-order valence-corrected chi connectivity index (χ2v) is 7.06. The Morgan fingerprint density at radius 1 is 1.28 bits per heavy atom. The van der Waals surface area contributed by atoms with E-state index in [0.717, 1.165) is 25.1 Å². The molecule has 100 valence electrons. The monoisotopic (exact) mass is 268 g/mol. The maximum Gasteiger partial charge on any atom is 0.241 e. The van der Waals surface area contributed by atoms with Crippen LogP contribution in [0.15, 0.2) is 23.1 Å². The molecular formula is C13H20N2O2S. The molecule has 0 fully saturated rings. The fraction of sp³-hybridized carbons (Fsp3) is 0.538. The molecule has 1 aromatic carbocycles. The SMILES string of the molecule is CCC(C)(C)NS(=O)(=O)c1ccc2c(c1)CNC2. The zero-order chi connectivity index (χ0) is 13.4. The summed E-state index contributed by atoms with van der Waals surface area (Å²) in [4.78, 5) is 0.353. The second-order valence-electron chi connectivity index (χ2n) is 5.38. The van der Waals surface area contributed by atoms with E-state index in [-0.39, 0.29) is 0 Å². The van der Waals surface area contributed by atoms with E-state index in [9.17, 15) is 8.42 Å². The fourth-order valence-electron chi connectivity index (χ4n) is 1.93. The van der Waals surface area contributed by atoms with Crippen molar-refractivity contribution >= 4 is 10.0 Å². The summed E-state index contributed by atoms with van der Waals surface area (Å²) in [6.45, 7) is 7.31. The quantitative estimate of drug-likeness (QED) is 0.875. The Hall–Kier alpha value is -0.910. The number of hydrogen-bond donors (Lipinski definition) is 2. The first kappa shape index (κ1) is 13.5. The molecule has 2 rings (SSSR count). The average Bonchev–Trinajstić information content (AvgIpc) is 2.74. The van der Waals surface area contributed by atoms with Crippen LogP contribution >= 0.6 is 0 Å². The summed E-state index contributed by atoms with van der Waals surface area (Å²) in [6.07, 6.45) is 0.749. The number of rotatable bonds is 4. The predicted molar refractivity (Wildman–Crippen MR) is 71.7 cm³/mol. The summed E-state index contributed by atoms with van der Waals surface area (Å²) >= 11 is 0. The van der Waals surface area contributed by atoms with Gasteiger partial charge in [-0.1, -0.05) is 13.0 Å². The van der Waals surface area contributed by atoms with Gasteiger partial charge in [0, 0.05) is 18.6 Å². The zero-order valence-corrected chi connectivity index (χ0v) is 11.9. The first-order chi connectivity index (χ1) is 8.34. The lowest BCUT2D eigenvalue weighted by Crippen LogP contribution is -2.42. The van der Waals surface area contributed by atoms with Crippen LogP contribution in [0.3, 0.4) is 0 Å². The van der Waals surface area contributed by atoms with E-state index >= 15 is 0 Å². The van der Waals surface area contributed by atoms with Crippen molar-refractivity contribution in [1.29, 1.82) is 0 Å². The summed E-state index contributed by atoms with van der Waals surface area (Å²) < 4.78 is 27.3. The van der Waals surface area contributed by atoms with Crippen LogP contribution in [0.1, 0.15) is 38.3 Å². The molecule has 2 N–H and O–H groups in total. The molecule has 18 heavy (non-hydrogen) atoms. The molecule has 0 radical (unpaired) electrons. The highest BCUT2D eigenvalue weighted by Gasteiger charge is 2.25. The zero-order valence-electron chi connectivity index (χ0n) is 11.1. The van der Waals surface area contributed by atoms with E-state index in [1.807, 2.05) is 26.8 Å². The standard InChI is InChI=1S/C13H20N2O2S/c1-4-13(2,3)15-18(16,17)12-6-5-10-8-14-9-11(10)7-12/h5-7,14-15H,4,8-9H2,1-3H3. The lowest BCUT2D eigenvalue weighted by molar-refractivity contribution is 0.439. The highest BCUT2D eigenvalue weighted by molar-refractivity contribution is 7.89. The van der Waals surface area contributed by atoms with Crippen LogP contribution in [0.4, 0.5) is 0 Å². The van der Waals surface area contributed by atoms with Gasteiger partial charge in [-0.3, -0.25) is 0 Å². The van der Waals surface area contributed by atoms with Crippen LogP contribution < -0.4 is 10.0 Å². The number of benzene rings is 1. The van der Waals surface area contributed by atoms with Gasteiger partial charge in [0.15, 0.2) is 0 Å². The molecule has 1 heterocycles. The van der Waals surface area contributed by atoms with Crippen LogP contribution in [0, 0.1) is 0 Å². The Morgan fingerprint density at radius 2 is 1.94 bits per heavy atom. The molecule has 0 saturated heterocycles. The van der Waals surface area contributed by atoms with Gasteiger partial charge in [-0.2, -0.15) is 0 Å². The first-order valence-corrected chi connectivity index (χ1v) is 7.69. The maximum absolute atomic E-state index is 12.3. The minimum atomic E-state index is -3.43. The Labute approximate surface area is 109 Å². The molecule has 0 amide bonds. The van der Waals surface area contributed by atoms with Gasteiger partial charge in [-0.05, 0) is 43.5 Å². The molecular weight excluding hydrogens is 248 g/mol. The third-order valence-electron chi connectivity index (χ3n) is 3.41. The topological polar surface area (TPSA) is 58.2 Å². The summed E-state index contributed by atoms with van der Waals surface area (Å²) in [5, 5.41) is 3.21. The van der Waals surface area contributed by atoms with Gasteiger partial charge in [0.25, 0.3) is 0 Å². The van der Waals surface area contributed by atoms with Crippen molar-refractivity contribution in [2.24, 2.45) is 0 Å². The van der Waals surface area contributed by atoms with E-state index in [1.54, 1.807) is 12.1 Å². The van der Waals surface area contributed by atoms with E-state index in [4.69, 9.17) is 0 Å². The molecule has 1 aliphatic rings. The Bertz CT molecular complexity index is 550. The Morgan fingerprint density at radius 3 is 2.61 bits per heavy atom. The van der Waals surface area contributed by atoms with Crippen LogP contribution in [0.5, 0.6) is 0 Å². The van der Waals surface area contributed by atoms with Gasteiger partial charge in [0.2, 0.25) is 10.0 Å². The van der Waals surface area contributed by atoms with E-state index in [1.165, 1.54) is 5.56 Å². The Balaban J connectivity index is 2.31. The molecule has 1 aromatic rings. The average molecular weight is 268 g/mol. The third kappa shape index (κ3) is 2.74. The van der Waals surface area contributed by atoms with Crippen LogP contribution in [0.2, 0.25) is 0 Å². The van der Waals surface area contributed by atoms with E-state index in [0.29, 0.717) is 4.90 Å². The van der Waals surface area contributed by atoms with E-state index in [2.05, 4.69) is 10.0 Å². The minimum absolute atomic E-state index is 0.353. The smallest absolute Gasteiger partial charge is 0.241 e. The van der Waals surface area contributed by atoms with Gasteiger partial charge in [-0.25, -0.2) is 13.1 Å². The molecule has 0 spiro atoms. The van der Waals surface area contributed by atoms with E-state index < -0.39 is 15.6 Å². The van der Waals surface area contributed by atoms with Crippen LogP contribution in [-0.2, 0) is 23.1 Å². The summed E-state index contributed by atoms with van der Waals surface area (Å²) in [7, 11) is -3.43. The van der Waals surface area contributed by atoms with Crippen molar-refractivity contribution in [1.82, 2.24) is 10.0 Å². The minimum Gasteiger partial charge on any atom is -0.309 e. The number of hydrogen-bond acceptors (Lipinski definition) is 3. The molecule has 4 nitrogen and oxygen atoms in total. The molecule has 0 atom stereocenters. The summed E-state index contributed by atoms with van der Waals surface area (Å²) in [5.74, 6) is 0. The molecule has 0 aromatic heterocycles. The van der Waals surface area contributed by atoms with Crippen molar-refractivity contribution in [3.8, 4) is 0 Å². The van der Waals surface area contributed by atoms with Gasteiger partial charge in [0.05, 0.1) is 4.90 Å². The van der Waals surface area contributed by atoms with Crippen LogP contribution in [-0.4, -0.2) is 14.0 Å². The van der Waals surface area contributed by atoms with Gasteiger partial charge >= 0.3 is 0 Å². The molecule has 0 unspecified atom stereocenters. The van der Waals surface area contributed by atoms with Crippen molar-refractivity contribution in [3.05, 3.63) is 29.3 Å². The molecule has 0 bridgehead atoms. The molecule has 5 heteroatoms. The largest absolute Gasteiger partial charge is 0.309 e. The van der Waals surface area contributed by atoms with Crippen LogP contribution in [0.25, 0.3) is 0 Å². The Kier molecular flexibility index (Phi) is 3.49. The highest BCUT2D eigenvalue weighted by atomic mass is 32.2. The maximum atomic E-state index is 12.3. The molecule has 0 saturated carbocycles. The number of sulfonamides is 1. The van der Waals surface area contributed by atoms with Crippen molar-refractivity contribution in [2.45, 2.75) is 50.7 Å². The summed E-state index contributed by atoms with van der Waals surface area (Å²) in [6, 6.07) is 5.34. The molecule has 0 aliphatic carbocycles. The lowest BCUT2D eigenvalue weighted by atomic mass is 10.0. The predicted octanol–water partition coefficient (Wildman–Crippen LogP) is 1.76. The van der Waals surface area contributed by atoms with Gasteiger partial charge < -0.3 is 5.32 Å². The highest BCUT2D eigenvalue weighted by Crippen LogP contribution is 2.21. The summed E-state index contributed by atoms with van der Waals surface area (Å²) in [5.41, 5.74) is 1.84. The second kappa shape index (κ2) is 4.64. The van der Waals surface area contributed by atoms with Gasteiger partial charge in [-0.15, -0.1) is 0 Å². The lowest BCUT2D eigenvalue weighted by Gasteiger charge is -2.24. The third-order valence-corrected chi connectivity index (χ3v) is 5.11. The van der Waals surface area contributed by atoms with Crippen molar-refractivity contribution < 1.29 is 8.42 Å². The normalized spacial score (nSPS) is 15.7. The molecule has 1 aliphatic heterocycles.